The summed E-state index contributed by atoms with van der Waals surface area (Å²) in [5, 5.41) is 10.9. The Morgan fingerprint density at radius 3 is 2.30 bits per heavy atom. The monoisotopic (exact) mass is 166 g/mol. The van der Waals surface area contributed by atoms with Crippen molar-refractivity contribution in [1.29, 1.82) is 0 Å². The zero-order valence-electron chi connectivity index (χ0n) is 5.82. The van der Waals surface area contributed by atoms with Crippen molar-refractivity contribution in [1.82, 2.24) is 0 Å². The van der Waals surface area contributed by atoms with Crippen LogP contribution in [-0.2, 0) is 9.84 Å². The Morgan fingerprint density at radius 2 is 2.10 bits per heavy atom. The summed E-state index contributed by atoms with van der Waals surface area (Å²) in [5.41, 5.74) is 0. The van der Waals surface area contributed by atoms with Crippen LogP contribution >= 0.6 is 0 Å². The number of likely N-dealkylation sites (N-methyl/N-ethyl adjacent to an activating group) is 1. The molecule has 10 heavy (non-hydrogen) atoms. The molecule has 0 saturated carbocycles. The molecule has 0 aromatic heterocycles. The van der Waals surface area contributed by atoms with Gasteiger partial charge in [0.1, 0.15) is 17.9 Å². The highest BCUT2D eigenvalue weighted by atomic mass is 32.2. The highest BCUT2D eigenvalue weighted by Gasteiger charge is 2.38. The molecule has 1 saturated heterocycles. The average molecular weight is 166 g/mol. The summed E-state index contributed by atoms with van der Waals surface area (Å²) in [6.45, 7) is 0. The van der Waals surface area contributed by atoms with E-state index in [1.807, 2.05) is 0 Å². The predicted octanol–water partition coefficient (Wildman–Crippen LogP) is -2.66. The van der Waals surface area contributed by atoms with Gasteiger partial charge < -0.3 is 10.4 Å². The Hall–Kier alpha value is -0.130. The smallest absolute Gasteiger partial charge is 0.159 e. The van der Waals surface area contributed by atoms with Crippen LogP contribution in [0.1, 0.15) is 0 Å². The van der Waals surface area contributed by atoms with Crippen LogP contribution in [0.3, 0.4) is 0 Å². The minimum atomic E-state index is -2.94. The number of aliphatic hydroxyl groups excluding tert-OH is 1. The average Bonchev–Trinajstić information content (AvgIpc) is 2.05. The summed E-state index contributed by atoms with van der Waals surface area (Å²) in [4.78, 5) is 0. The van der Waals surface area contributed by atoms with Crippen LogP contribution in [0.2, 0.25) is 0 Å². The number of quaternary nitrogens is 1. The summed E-state index contributed by atoms with van der Waals surface area (Å²) in [6, 6.07) is -0.148. The van der Waals surface area contributed by atoms with E-state index in [0.29, 0.717) is 0 Å². The van der Waals surface area contributed by atoms with Gasteiger partial charge >= 0.3 is 0 Å². The molecule has 2 unspecified atom stereocenters. The lowest BCUT2D eigenvalue weighted by Gasteiger charge is -2.05. The first-order chi connectivity index (χ1) is 4.55. The molecule has 0 radical (unpaired) electrons. The van der Waals surface area contributed by atoms with E-state index < -0.39 is 15.9 Å². The summed E-state index contributed by atoms with van der Waals surface area (Å²) in [7, 11) is -1.17. The van der Waals surface area contributed by atoms with E-state index in [9.17, 15) is 8.42 Å². The Morgan fingerprint density at radius 1 is 1.50 bits per heavy atom. The van der Waals surface area contributed by atoms with Crippen LogP contribution in [0, 0.1) is 0 Å². The van der Waals surface area contributed by atoms with E-state index in [1.54, 1.807) is 12.4 Å². The standard InChI is InChI=1S/C5H11NO3S/c1-6-4-2-10(8,9)3-5(4)7/h4-7H,2-3H2,1H3/p+1. The van der Waals surface area contributed by atoms with Gasteiger partial charge in [-0.05, 0) is 0 Å². The number of sulfone groups is 1. The van der Waals surface area contributed by atoms with Crippen molar-refractivity contribution < 1.29 is 18.8 Å². The van der Waals surface area contributed by atoms with Crippen LogP contribution in [0.25, 0.3) is 0 Å². The molecule has 3 N–H and O–H groups in total. The Balaban J connectivity index is 2.71. The molecule has 0 bridgehead atoms. The van der Waals surface area contributed by atoms with E-state index in [-0.39, 0.29) is 17.5 Å². The molecule has 4 nitrogen and oxygen atoms in total. The van der Waals surface area contributed by atoms with Gasteiger partial charge in [-0.25, -0.2) is 8.42 Å². The highest BCUT2D eigenvalue weighted by Crippen LogP contribution is 2.08. The number of hydrogen-bond acceptors (Lipinski definition) is 3. The summed E-state index contributed by atoms with van der Waals surface area (Å²) in [5.74, 6) is 0.0483. The van der Waals surface area contributed by atoms with Crippen molar-refractivity contribution in [3.05, 3.63) is 0 Å². The number of nitrogens with two attached hydrogens (primary N) is 1. The largest absolute Gasteiger partial charge is 0.386 e. The first kappa shape index (κ1) is 7.97. The molecule has 1 fully saturated rings. The topological polar surface area (TPSA) is 71.0 Å². The molecular weight excluding hydrogens is 154 g/mol. The third-order valence-electron chi connectivity index (χ3n) is 1.79. The van der Waals surface area contributed by atoms with Crippen LogP contribution in [0.15, 0.2) is 0 Å². The van der Waals surface area contributed by atoms with Crippen molar-refractivity contribution >= 4 is 9.84 Å². The van der Waals surface area contributed by atoms with E-state index in [0.717, 1.165) is 0 Å². The van der Waals surface area contributed by atoms with Gasteiger partial charge in [0.05, 0.1) is 12.8 Å². The maximum absolute atomic E-state index is 10.8. The van der Waals surface area contributed by atoms with Crippen molar-refractivity contribution in [3.8, 4) is 0 Å². The van der Waals surface area contributed by atoms with Gasteiger partial charge in [0.2, 0.25) is 0 Å². The maximum Gasteiger partial charge on any atom is 0.159 e. The van der Waals surface area contributed by atoms with E-state index >= 15 is 0 Å². The minimum absolute atomic E-state index is 0.0675. The second-order valence-corrected chi connectivity index (χ2v) is 4.80. The molecule has 1 rings (SSSR count). The van der Waals surface area contributed by atoms with Crippen molar-refractivity contribution in [2.75, 3.05) is 18.6 Å². The summed E-state index contributed by atoms with van der Waals surface area (Å²) >= 11 is 0. The fraction of sp³-hybridized carbons (Fsp3) is 1.00. The van der Waals surface area contributed by atoms with Crippen molar-refractivity contribution in [2.45, 2.75) is 12.1 Å². The van der Waals surface area contributed by atoms with E-state index in [2.05, 4.69) is 0 Å². The molecule has 1 aliphatic heterocycles. The lowest BCUT2D eigenvalue weighted by Crippen LogP contribution is -2.89. The molecule has 0 aromatic rings. The van der Waals surface area contributed by atoms with Gasteiger partial charge in [-0.15, -0.1) is 0 Å². The van der Waals surface area contributed by atoms with E-state index in [1.165, 1.54) is 0 Å². The molecule has 60 valence electrons. The van der Waals surface area contributed by atoms with Gasteiger partial charge in [0.25, 0.3) is 0 Å². The van der Waals surface area contributed by atoms with Crippen LogP contribution in [0.4, 0.5) is 0 Å². The van der Waals surface area contributed by atoms with Crippen molar-refractivity contribution in [3.63, 3.8) is 0 Å². The zero-order valence-corrected chi connectivity index (χ0v) is 6.63. The Bertz CT molecular complexity index is 211. The number of hydrogen-bond donors (Lipinski definition) is 2. The van der Waals surface area contributed by atoms with Crippen molar-refractivity contribution in [2.24, 2.45) is 0 Å². The maximum atomic E-state index is 10.8. The fourth-order valence-corrected chi connectivity index (χ4v) is 3.08. The zero-order chi connectivity index (χ0) is 7.78. The molecule has 0 spiro atoms. The fourth-order valence-electron chi connectivity index (χ4n) is 1.17. The third kappa shape index (κ3) is 1.47. The lowest BCUT2D eigenvalue weighted by atomic mass is 10.2. The highest BCUT2D eigenvalue weighted by molar-refractivity contribution is 7.91. The predicted molar refractivity (Wildman–Crippen MR) is 36.3 cm³/mol. The van der Waals surface area contributed by atoms with Gasteiger partial charge in [-0.1, -0.05) is 0 Å². The first-order valence-electron chi connectivity index (χ1n) is 3.23. The second-order valence-electron chi connectivity index (χ2n) is 2.64. The first-order valence-corrected chi connectivity index (χ1v) is 5.05. The molecule has 2 atom stereocenters. The SMILES string of the molecule is C[NH2+]C1CS(=O)(=O)CC1O. The molecule has 0 aliphatic carbocycles. The van der Waals surface area contributed by atoms with E-state index in [4.69, 9.17) is 5.11 Å². The van der Waals surface area contributed by atoms with Crippen LogP contribution in [0.5, 0.6) is 0 Å². The number of rotatable bonds is 1. The Labute approximate surface area is 60.2 Å². The molecular formula is C5H12NO3S+. The van der Waals surface area contributed by atoms with Crippen LogP contribution < -0.4 is 5.32 Å². The summed E-state index contributed by atoms with van der Waals surface area (Å²) in [6.07, 6.45) is -0.671. The molecule has 5 heteroatoms. The normalized spacial score (nSPS) is 38.2. The van der Waals surface area contributed by atoms with Gasteiger partial charge in [-0.2, -0.15) is 0 Å². The molecule has 0 amide bonds. The summed E-state index contributed by atoms with van der Waals surface area (Å²) < 4.78 is 21.7. The van der Waals surface area contributed by atoms with Gasteiger partial charge in [-0.3, -0.25) is 0 Å². The lowest BCUT2D eigenvalue weighted by molar-refractivity contribution is -0.664. The molecule has 1 aliphatic rings. The quantitative estimate of drug-likeness (QED) is 0.446. The Kier molecular flexibility index (Phi) is 1.98. The molecule has 0 aromatic carbocycles. The molecule has 1 heterocycles. The van der Waals surface area contributed by atoms with Crippen LogP contribution in [-0.4, -0.2) is 44.2 Å². The third-order valence-corrected chi connectivity index (χ3v) is 3.54. The number of aliphatic hydroxyl groups is 1. The minimum Gasteiger partial charge on any atom is -0.386 e. The van der Waals surface area contributed by atoms with Gasteiger partial charge in [0, 0.05) is 0 Å². The second kappa shape index (κ2) is 2.48. The van der Waals surface area contributed by atoms with Gasteiger partial charge in [0.15, 0.2) is 9.84 Å².